The van der Waals surface area contributed by atoms with E-state index in [1.54, 1.807) is 0 Å². The summed E-state index contributed by atoms with van der Waals surface area (Å²) in [4.78, 5) is 4.23. The van der Waals surface area contributed by atoms with E-state index in [1.165, 1.54) is 0 Å². The van der Waals surface area contributed by atoms with E-state index in [1.807, 2.05) is 20.8 Å². The van der Waals surface area contributed by atoms with Crippen molar-refractivity contribution in [3.05, 3.63) is 0 Å². The first kappa shape index (κ1) is 13.2. The molecule has 4 N–H and O–H groups in total. The molecule has 1 unspecified atom stereocenters. The van der Waals surface area contributed by atoms with Crippen LogP contribution in [-0.4, -0.2) is 37.5 Å². The van der Waals surface area contributed by atoms with Crippen LogP contribution in [0.15, 0.2) is 4.99 Å². The Morgan fingerprint density at radius 2 is 2.12 bits per heavy atom. The lowest BCUT2D eigenvalue weighted by Crippen LogP contribution is -2.53. The Labute approximate surface area is 96.6 Å². The third kappa shape index (κ3) is 3.64. The Morgan fingerprint density at radius 1 is 1.50 bits per heavy atom. The summed E-state index contributed by atoms with van der Waals surface area (Å²) in [6.07, 6.45) is 0.578. The Kier molecular flexibility index (Phi) is 3.80. The average Bonchev–Trinajstić information content (AvgIpc) is 2.38. The highest BCUT2D eigenvalue weighted by Crippen LogP contribution is 2.22. The van der Waals surface area contributed by atoms with Gasteiger partial charge in [-0.3, -0.25) is 5.43 Å². The van der Waals surface area contributed by atoms with Crippen LogP contribution >= 0.6 is 0 Å². The normalized spacial score (nSPS) is 29.4. The van der Waals surface area contributed by atoms with Crippen LogP contribution in [0.25, 0.3) is 0 Å². The molecule has 1 saturated heterocycles. The second-order valence-corrected chi connectivity index (χ2v) is 6.93. The second kappa shape index (κ2) is 4.58. The molecule has 1 aliphatic heterocycles. The largest absolute Gasteiger partial charge is 0.349 e. The molecule has 0 aliphatic carbocycles. The summed E-state index contributed by atoms with van der Waals surface area (Å²) in [5.41, 5.74) is 1.98. The zero-order chi connectivity index (χ0) is 12.4. The number of rotatable bonds is 2. The maximum Gasteiger partial charge on any atom is 0.206 e. The van der Waals surface area contributed by atoms with Crippen LogP contribution in [0.5, 0.6) is 0 Å². The van der Waals surface area contributed by atoms with Gasteiger partial charge in [0.2, 0.25) is 5.96 Å². The average molecular weight is 248 g/mol. The number of nitrogens with two attached hydrogens (primary N) is 1. The molecule has 7 heteroatoms. The fourth-order valence-electron chi connectivity index (χ4n) is 1.76. The van der Waals surface area contributed by atoms with Gasteiger partial charge in [-0.25, -0.2) is 19.3 Å². The van der Waals surface area contributed by atoms with Gasteiger partial charge in [-0.05, 0) is 27.2 Å². The SMILES string of the molecule is CC(C)N=C(NN)NC1(C)CCS(=O)(=O)C1. The lowest BCUT2D eigenvalue weighted by molar-refractivity contribution is 0.463. The molecule has 1 rings (SSSR count). The molecule has 1 heterocycles. The van der Waals surface area contributed by atoms with E-state index >= 15 is 0 Å². The van der Waals surface area contributed by atoms with E-state index in [0.717, 1.165) is 0 Å². The van der Waals surface area contributed by atoms with Crippen LogP contribution in [0.2, 0.25) is 0 Å². The van der Waals surface area contributed by atoms with Gasteiger partial charge in [-0.15, -0.1) is 0 Å². The van der Waals surface area contributed by atoms with Crippen molar-refractivity contribution in [2.24, 2.45) is 10.8 Å². The first-order valence-electron chi connectivity index (χ1n) is 5.29. The fraction of sp³-hybridized carbons (Fsp3) is 0.889. The summed E-state index contributed by atoms with van der Waals surface area (Å²) in [7, 11) is -2.92. The highest BCUT2D eigenvalue weighted by Gasteiger charge is 2.38. The second-order valence-electron chi connectivity index (χ2n) is 4.74. The first-order valence-corrected chi connectivity index (χ1v) is 7.11. The molecule has 0 aromatic carbocycles. The lowest BCUT2D eigenvalue weighted by Gasteiger charge is -2.26. The molecule has 0 aromatic heterocycles. The summed E-state index contributed by atoms with van der Waals surface area (Å²) in [5.74, 6) is 6.11. The summed E-state index contributed by atoms with van der Waals surface area (Å²) in [6, 6.07) is 0.0974. The van der Waals surface area contributed by atoms with Crippen LogP contribution in [-0.2, 0) is 9.84 Å². The summed E-state index contributed by atoms with van der Waals surface area (Å²) >= 11 is 0. The van der Waals surface area contributed by atoms with E-state index in [9.17, 15) is 8.42 Å². The van der Waals surface area contributed by atoms with Gasteiger partial charge in [0.15, 0.2) is 9.84 Å². The lowest BCUT2D eigenvalue weighted by atomic mass is 10.0. The molecule has 6 nitrogen and oxygen atoms in total. The van der Waals surface area contributed by atoms with Gasteiger partial charge in [0.05, 0.1) is 17.0 Å². The highest BCUT2D eigenvalue weighted by atomic mass is 32.2. The predicted octanol–water partition coefficient (Wildman–Crippen LogP) is -0.619. The van der Waals surface area contributed by atoms with Crippen LogP contribution in [0.3, 0.4) is 0 Å². The highest BCUT2D eigenvalue weighted by molar-refractivity contribution is 7.91. The fourth-order valence-corrected chi connectivity index (χ4v) is 3.85. The minimum atomic E-state index is -2.92. The summed E-state index contributed by atoms with van der Waals surface area (Å²) in [6.45, 7) is 5.71. The van der Waals surface area contributed by atoms with Crippen molar-refractivity contribution in [3.63, 3.8) is 0 Å². The molecule has 0 saturated carbocycles. The number of hydrazine groups is 1. The molecule has 0 amide bonds. The van der Waals surface area contributed by atoms with Crippen molar-refractivity contribution in [1.29, 1.82) is 0 Å². The van der Waals surface area contributed by atoms with Crippen LogP contribution < -0.4 is 16.6 Å². The minimum Gasteiger partial charge on any atom is -0.349 e. The van der Waals surface area contributed by atoms with Gasteiger partial charge in [-0.1, -0.05) is 0 Å². The number of hydrogen-bond acceptors (Lipinski definition) is 4. The number of sulfone groups is 1. The Morgan fingerprint density at radius 3 is 2.50 bits per heavy atom. The van der Waals surface area contributed by atoms with E-state index in [4.69, 9.17) is 5.84 Å². The summed E-state index contributed by atoms with van der Waals surface area (Å²) < 4.78 is 22.8. The Balaban J connectivity index is 2.73. The molecule has 0 bridgehead atoms. The molecule has 0 radical (unpaired) electrons. The van der Waals surface area contributed by atoms with Crippen LogP contribution in [0.4, 0.5) is 0 Å². The monoisotopic (exact) mass is 248 g/mol. The van der Waals surface area contributed by atoms with E-state index in [0.29, 0.717) is 12.4 Å². The third-order valence-electron chi connectivity index (χ3n) is 2.45. The van der Waals surface area contributed by atoms with Gasteiger partial charge in [0.1, 0.15) is 0 Å². The van der Waals surface area contributed by atoms with Crippen molar-refractivity contribution < 1.29 is 8.42 Å². The molecule has 1 atom stereocenters. The standard InChI is InChI=1S/C9H20N4O2S/c1-7(2)11-8(13-10)12-9(3)4-5-16(14,15)6-9/h7H,4-6,10H2,1-3H3,(H2,11,12,13). The topological polar surface area (TPSA) is 96.6 Å². The van der Waals surface area contributed by atoms with E-state index in [-0.39, 0.29) is 17.5 Å². The zero-order valence-electron chi connectivity index (χ0n) is 9.95. The van der Waals surface area contributed by atoms with E-state index < -0.39 is 15.4 Å². The van der Waals surface area contributed by atoms with Crippen LogP contribution in [0, 0.1) is 0 Å². The number of guanidine groups is 1. The van der Waals surface area contributed by atoms with Crippen molar-refractivity contribution >= 4 is 15.8 Å². The minimum absolute atomic E-state index is 0.0974. The quantitative estimate of drug-likeness (QED) is 0.262. The smallest absolute Gasteiger partial charge is 0.206 e. The molecule has 0 aromatic rings. The maximum absolute atomic E-state index is 11.4. The molecule has 1 fully saturated rings. The molecular weight excluding hydrogens is 228 g/mol. The molecule has 0 spiro atoms. The summed E-state index contributed by atoms with van der Waals surface area (Å²) in [5, 5.41) is 3.06. The van der Waals surface area contributed by atoms with Crippen molar-refractivity contribution in [2.75, 3.05) is 11.5 Å². The molecule has 1 aliphatic rings. The van der Waals surface area contributed by atoms with Crippen molar-refractivity contribution in [1.82, 2.24) is 10.7 Å². The molecule has 16 heavy (non-hydrogen) atoms. The van der Waals surface area contributed by atoms with Crippen molar-refractivity contribution in [3.8, 4) is 0 Å². The van der Waals surface area contributed by atoms with Gasteiger partial charge in [0.25, 0.3) is 0 Å². The molecule has 94 valence electrons. The van der Waals surface area contributed by atoms with Gasteiger partial charge in [-0.2, -0.15) is 0 Å². The van der Waals surface area contributed by atoms with Crippen LogP contribution in [0.1, 0.15) is 27.2 Å². The number of hydrogen-bond donors (Lipinski definition) is 3. The number of nitrogens with one attached hydrogen (secondary N) is 2. The molecular formula is C9H20N4O2S. The first-order chi connectivity index (χ1) is 7.26. The van der Waals surface area contributed by atoms with Crippen molar-refractivity contribution in [2.45, 2.75) is 38.8 Å². The Bertz CT molecular complexity index is 377. The zero-order valence-corrected chi connectivity index (χ0v) is 10.8. The maximum atomic E-state index is 11.4. The number of aliphatic imine (C=N–C) groups is 1. The Hall–Kier alpha value is -0.820. The number of nitrogens with zero attached hydrogens (tertiary/aromatic N) is 1. The van der Waals surface area contributed by atoms with Gasteiger partial charge in [0, 0.05) is 6.04 Å². The van der Waals surface area contributed by atoms with Gasteiger partial charge >= 0.3 is 0 Å². The third-order valence-corrected chi connectivity index (χ3v) is 4.35. The predicted molar refractivity (Wildman–Crippen MR) is 64.7 cm³/mol. The van der Waals surface area contributed by atoms with Gasteiger partial charge < -0.3 is 5.32 Å². The van der Waals surface area contributed by atoms with E-state index in [2.05, 4.69) is 15.7 Å².